The van der Waals surface area contributed by atoms with Crippen LogP contribution in [0.25, 0.3) is 21.3 Å². The molecule has 154 valence electrons. The third-order valence-electron chi connectivity index (χ3n) is 4.60. The van der Waals surface area contributed by atoms with E-state index in [-0.39, 0.29) is 5.82 Å². The summed E-state index contributed by atoms with van der Waals surface area (Å²) < 4.78 is 21.0. The monoisotopic (exact) mass is 479 g/mol. The third kappa shape index (κ3) is 4.22. The molecule has 2 heterocycles. The molecule has 3 rings (SSSR count). The zero-order valence-electron chi connectivity index (χ0n) is 17.2. The minimum atomic E-state index is -1.23. The summed E-state index contributed by atoms with van der Waals surface area (Å²) in [4.78, 5) is 18.7. The third-order valence-corrected chi connectivity index (χ3v) is 6.16. The largest absolute Gasteiger partial charge is 0.479 e. The lowest BCUT2D eigenvalue weighted by Crippen LogP contribution is -2.28. The predicted molar refractivity (Wildman–Crippen MR) is 118 cm³/mol. The maximum atomic E-state index is 14.7. The van der Waals surface area contributed by atoms with Crippen molar-refractivity contribution in [1.82, 2.24) is 4.98 Å². The average molecular weight is 480 g/mol. The first kappa shape index (κ1) is 21.9. The Bertz CT molecular complexity index is 1120. The van der Waals surface area contributed by atoms with E-state index in [2.05, 4.69) is 20.9 Å². The van der Waals surface area contributed by atoms with Gasteiger partial charge in [-0.25, -0.2) is 14.2 Å². The maximum absolute atomic E-state index is 14.7. The molecule has 0 spiro atoms. The summed E-state index contributed by atoms with van der Waals surface area (Å²) in [7, 11) is 0. The summed E-state index contributed by atoms with van der Waals surface area (Å²) in [5, 5.41) is 10.8. The Hall–Kier alpha value is -1.83. The molecule has 0 saturated heterocycles. The number of carboxylic acids is 1. The van der Waals surface area contributed by atoms with Crippen LogP contribution >= 0.6 is 27.3 Å². The Morgan fingerprint density at radius 3 is 2.52 bits per heavy atom. The first-order valence-electron chi connectivity index (χ1n) is 9.17. The molecule has 3 aromatic rings. The normalized spacial score (nSPS) is 13.1. The van der Waals surface area contributed by atoms with Crippen LogP contribution < -0.4 is 0 Å². The highest BCUT2D eigenvalue weighted by molar-refractivity contribution is 9.10. The van der Waals surface area contributed by atoms with Crippen LogP contribution in [0, 0.1) is 26.6 Å². The van der Waals surface area contributed by atoms with Crippen LogP contribution in [0.2, 0.25) is 0 Å². The summed E-state index contributed by atoms with van der Waals surface area (Å²) in [6.07, 6.45) is -1.23. The number of ether oxygens (including phenoxy) is 1. The second-order valence-electron chi connectivity index (χ2n) is 8.04. The number of aliphatic carboxylic acids is 1. The number of carbonyl (C=O) groups is 1. The Labute approximate surface area is 181 Å². The fourth-order valence-electron chi connectivity index (χ4n) is 3.42. The first-order valence-corrected chi connectivity index (χ1v) is 10.8. The number of aryl methyl sites for hydroxylation is 2. The van der Waals surface area contributed by atoms with Gasteiger partial charge in [0.25, 0.3) is 0 Å². The second kappa shape index (κ2) is 7.78. The van der Waals surface area contributed by atoms with Crippen molar-refractivity contribution in [3.63, 3.8) is 0 Å². The molecule has 29 heavy (non-hydrogen) atoms. The number of pyridine rings is 1. The number of rotatable bonds is 4. The van der Waals surface area contributed by atoms with Gasteiger partial charge in [-0.15, -0.1) is 11.3 Å². The number of hydrogen-bond acceptors (Lipinski definition) is 4. The van der Waals surface area contributed by atoms with Crippen molar-refractivity contribution in [1.29, 1.82) is 0 Å². The summed E-state index contributed by atoms with van der Waals surface area (Å²) in [6.45, 7) is 10.9. The van der Waals surface area contributed by atoms with E-state index < -0.39 is 17.7 Å². The SMILES string of the molecule is Cc1cc2c(-c3ccc(Br)c(F)c3C)c([C@H](OC(C)(C)C)C(=O)O)c(C)nc2s1. The van der Waals surface area contributed by atoms with Crippen LogP contribution in [0.3, 0.4) is 0 Å². The number of benzene rings is 1. The van der Waals surface area contributed by atoms with Gasteiger partial charge in [-0.05, 0) is 80.7 Å². The molecule has 1 aromatic carbocycles. The van der Waals surface area contributed by atoms with Gasteiger partial charge in [-0.1, -0.05) is 6.07 Å². The van der Waals surface area contributed by atoms with Crippen LogP contribution in [-0.2, 0) is 9.53 Å². The molecule has 0 aliphatic carbocycles. The number of aromatic nitrogens is 1. The fraction of sp³-hybridized carbons (Fsp3) is 0.364. The molecule has 4 nitrogen and oxygen atoms in total. The predicted octanol–water partition coefficient (Wildman–Crippen LogP) is 6.73. The van der Waals surface area contributed by atoms with Crippen molar-refractivity contribution in [3.05, 3.63) is 50.2 Å². The van der Waals surface area contributed by atoms with Crippen LogP contribution in [0.1, 0.15) is 48.6 Å². The van der Waals surface area contributed by atoms with E-state index in [1.54, 1.807) is 19.9 Å². The van der Waals surface area contributed by atoms with Gasteiger partial charge in [0.1, 0.15) is 10.6 Å². The fourth-order valence-corrected chi connectivity index (χ4v) is 4.79. The average Bonchev–Trinajstić information content (AvgIpc) is 2.96. The van der Waals surface area contributed by atoms with Crippen LogP contribution in [0.4, 0.5) is 4.39 Å². The lowest BCUT2D eigenvalue weighted by Gasteiger charge is -2.28. The molecule has 2 aromatic heterocycles. The molecule has 0 radical (unpaired) electrons. The molecule has 0 bridgehead atoms. The smallest absolute Gasteiger partial charge is 0.337 e. The Morgan fingerprint density at radius 2 is 1.93 bits per heavy atom. The maximum Gasteiger partial charge on any atom is 0.337 e. The van der Waals surface area contributed by atoms with Crippen molar-refractivity contribution in [2.75, 3.05) is 0 Å². The van der Waals surface area contributed by atoms with Crippen LogP contribution in [-0.4, -0.2) is 21.7 Å². The lowest BCUT2D eigenvalue weighted by atomic mass is 9.90. The van der Waals surface area contributed by atoms with E-state index in [4.69, 9.17) is 4.74 Å². The lowest BCUT2D eigenvalue weighted by molar-refractivity contribution is -0.160. The van der Waals surface area contributed by atoms with Gasteiger partial charge in [0.05, 0.1) is 10.1 Å². The highest BCUT2D eigenvalue weighted by Gasteiger charge is 2.33. The van der Waals surface area contributed by atoms with E-state index >= 15 is 0 Å². The summed E-state index contributed by atoms with van der Waals surface area (Å²) >= 11 is 4.76. The number of hydrogen-bond donors (Lipinski definition) is 1. The topological polar surface area (TPSA) is 59.4 Å². The first-order chi connectivity index (χ1) is 13.4. The van der Waals surface area contributed by atoms with Crippen molar-refractivity contribution in [2.24, 2.45) is 0 Å². The van der Waals surface area contributed by atoms with Crippen molar-refractivity contribution >= 4 is 43.5 Å². The van der Waals surface area contributed by atoms with E-state index in [0.29, 0.717) is 32.4 Å². The van der Waals surface area contributed by atoms with Gasteiger partial charge >= 0.3 is 5.97 Å². The molecule has 0 amide bonds. The highest BCUT2D eigenvalue weighted by atomic mass is 79.9. The van der Waals surface area contributed by atoms with Crippen molar-refractivity contribution < 1.29 is 19.0 Å². The Morgan fingerprint density at radius 1 is 1.28 bits per heavy atom. The number of halogens is 2. The van der Waals surface area contributed by atoms with E-state index in [1.807, 2.05) is 39.8 Å². The summed E-state index contributed by atoms with van der Waals surface area (Å²) in [5.74, 6) is -1.47. The van der Waals surface area contributed by atoms with Gasteiger partial charge in [0.2, 0.25) is 0 Å². The standard InChI is InChI=1S/C22H23BrFNO3S/c1-10-9-14-17(13-7-8-15(23)18(24)11(13)2)16(12(3)25-20(14)29-10)19(21(26)27)28-22(4,5)6/h7-9,19H,1-6H3,(H,26,27)/t19-/m0/s1. The minimum Gasteiger partial charge on any atom is -0.479 e. The van der Waals surface area contributed by atoms with Crippen LogP contribution in [0.5, 0.6) is 0 Å². The van der Waals surface area contributed by atoms with Crippen molar-refractivity contribution in [2.45, 2.75) is 53.2 Å². The number of nitrogens with zero attached hydrogens (tertiary/aromatic N) is 1. The molecule has 1 N–H and O–H groups in total. The van der Waals surface area contributed by atoms with Gasteiger partial charge in [-0.2, -0.15) is 0 Å². The summed E-state index contributed by atoms with van der Waals surface area (Å²) in [6, 6.07) is 5.42. The zero-order valence-corrected chi connectivity index (χ0v) is 19.6. The molecule has 1 atom stereocenters. The van der Waals surface area contributed by atoms with Crippen LogP contribution in [0.15, 0.2) is 22.7 Å². The quantitative estimate of drug-likeness (QED) is 0.450. The highest BCUT2D eigenvalue weighted by Crippen LogP contribution is 2.43. The Kier molecular flexibility index (Phi) is 5.87. The van der Waals surface area contributed by atoms with Gasteiger partial charge in [0.15, 0.2) is 6.10 Å². The van der Waals surface area contributed by atoms with Gasteiger partial charge in [-0.3, -0.25) is 0 Å². The molecule has 0 fully saturated rings. The van der Waals surface area contributed by atoms with Gasteiger partial charge < -0.3 is 9.84 Å². The second-order valence-corrected chi connectivity index (χ2v) is 10.1. The van der Waals surface area contributed by atoms with E-state index in [0.717, 1.165) is 15.1 Å². The molecule has 0 saturated carbocycles. The molecular weight excluding hydrogens is 457 g/mol. The Balaban J connectivity index is 2.45. The molecule has 0 aliphatic heterocycles. The molecule has 0 aliphatic rings. The van der Waals surface area contributed by atoms with E-state index in [9.17, 15) is 14.3 Å². The minimum absolute atomic E-state index is 0.365. The molecular formula is C22H23BrFNO3S. The number of fused-ring (bicyclic) bond motifs is 1. The summed E-state index contributed by atoms with van der Waals surface area (Å²) in [5.41, 5.74) is 2.08. The number of carboxylic acid groups (broad SMARTS) is 1. The van der Waals surface area contributed by atoms with E-state index in [1.165, 1.54) is 11.3 Å². The van der Waals surface area contributed by atoms with Crippen molar-refractivity contribution in [3.8, 4) is 11.1 Å². The molecule has 7 heteroatoms. The number of thiophene rings is 1. The van der Waals surface area contributed by atoms with Gasteiger partial charge in [0, 0.05) is 27.1 Å². The molecule has 0 unspecified atom stereocenters. The zero-order chi connectivity index (χ0) is 21.7.